The van der Waals surface area contributed by atoms with E-state index in [1.807, 2.05) is 167 Å². The second-order valence-corrected chi connectivity index (χ2v) is 23.4. The van der Waals surface area contributed by atoms with Crippen molar-refractivity contribution in [1.29, 1.82) is 0 Å². The Labute approximate surface area is 460 Å². The van der Waals surface area contributed by atoms with Crippen molar-refractivity contribution in [2.45, 2.75) is 65.0 Å². The summed E-state index contributed by atoms with van der Waals surface area (Å²) in [6.07, 6.45) is 3.81. The molecule has 0 spiro atoms. The zero-order chi connectivity index (χ0) is 55.1. The van der Waals surface area contributed by atoms with Crippen molar-refractivity contribution in [2.24, 2.45) is 0 Å². The van der Waals surface area contributed by atoms with Crippen LogP contribution in [0.2, 0.25) is 10.0 Å². The molecular weight excluding hydrogens is 1040 g/mol. The Balaban J connectivity index is 0.000000158. The number of nitrogens with one attached hydrogen (secondary N) is 1. The van der Waals surface area contributed by atoms with Gasteiger partial charge in [0, 0.05) is 131 Å². The lowest BCUT2D eigenvalue weighted by Gasteiger charge is -2.44. The van der Waals surface area contributed by atoms with Crippen LogP contribution in [0.25, 0.3) is 21.8 Å². The number of carbonyl (C=O) groups is 2. The van der Waals surface area contributed by atoms with Gasteiger partial charge in [0.05, 0.1) is 26.7 Å². The first kappa shape index (κ1) is 56.8. The van der Waals surface area contributed by atoms with Gasteiger partial charge in [0.15, 0.2) is 0 Å². The predicted octanol–water partition coefficient (Wildman–Crippen LogP) is 11.5. The molecule has 2 saturated heterocycles. The maximum absolute atomic E-state index is 13.4. The molecule has 12 nitrogen and oxygen atoms in total. The minimum absolute atomic E-state index is 0.0334. The van der Waals surface area contributed by atoms with E-state index >= 15 is 0 Å². The molecule has 2 aliphatic rings. The lowest BCUT2D eigenvalue weighted by atomic mass is 10.0. The minimum Gasteiger partial charge on any atom is -0.361 e. The Morgan fingerprint density at radius 3 is 1.51 bits per heavy atom. The quantitative estimate of drug-likeness (QED) is 0.101. The first-order valence-corrected chi connectivity index (χ1v) is 28.1. The molecule has 17 heteroatoms. The smallest absolute Gasteiger partial charge is 0.277 e. The zero-order valence-corrected chi connectivity index (χ0v) is 47.2. The fourth-order valence-electron chi connectivity index (χ4n) is 9.98. The molecule has 2 aromatic heterocycles. The van der Waals surface area contributed by atoms with Gasteiger partial charge in [0.1, 0.15) is 11.6 Å². The number of benzene rings is 6. The van der Waals surface area contributed by atoms with Gasteiger partial charge in [0.25, 0.3) is 19.2 Å². The number of carbonyl (C=O) groups excluding carboxylic acids is 2. The lowest BCUT2D eigenvalue weighted by Crippen LogP contribution is -2.57. The molecule has 10 rings (SSSR count). The maximum atomic E-state index is 13.4. The van der Waals surface area contributed by atoms with Crippen molar-refractivity contribution in [3.63, 3.8) is 0 Å². The topological polar surface area (TPSA) is 101 Å². The van der Waals surface area contributed by atoms with Crippen molar-refractivity contribution >= 4 is 74.8 Å². The van der Waals surface area contributed by atoms with Gasteiger partial charge in [0.2, 0.25) is 0 Å². The monoisotopic (exact) mass is 1100 g/mol. The van der Waals surface area contributed by atoms with Crippen LogP contribution in [0, 0.1) is 11.6 Å². The van der Waals surface area contributed by atoms with Crippen molar-refractivity contribution in [3.8, 4) is 0 Å². The van der Waals surface area contributed by atoms with E-state index in [4.69, 9.17) is 27.8 Å². The Kier molecular flexibility index (Phi) is 18.4. The molecule has 0 unspecified atom stereocenters. The van der Waals surface area contributed by atoms with E-state index in [9.17, 15) is 22.9 Å². The SMILES string of the molecule is CN(C)OP(=O)(c1ccccc1)c1ccccc1.C[C@@H]1CN(Cc2ccc(F)cc2)[C@@H](C)CN1C(=O)c1cc2cc[nH]c2cc1Cl.C[C@@H]1CN(Cc2ccc(F)cc2)[C@@H](C)CN1C(=O)c1cc2ccn(N(C)C)c2cc1Cl. The summed E-state index contributed by atoms with van der Waals surface area (Å²) >= 11 is 13.0. The number of halogens is 4. The molecule has 0 radical (unpaired) electrons. The summed E-state index contributed by atoms with van der Waals surface area (Å²) in [6.45, 7) is 12.6. The van der Waals surface area contributed by atoms with Crippen LogP contribution in [0.1, 0.15) is 59.5 Å². The number of hydroxylamine groups is 2. The van der Waals surface area contributed by atoms with Crippen LogP contribution in [-0.4, -0.2) is 125 Å². The number of aromatic amines is 1. The number of amides is 2. The molecule has 4 heterocycles. The number of nitrogens with zero attached hydrogens (tertiary/aromatic N) is 7. The normalized spacial score (nSPS) is 18.2. The number of hydrogen-bond donors (Lipinski definition) is 1. The first-order chi connectivity index (χ1) is 36.8. The Hall–Kier alpha value is -6.35. The summed E-state index contributed by atoms with van der Waals surface area (Å²) in [6, 6.07) is 43.6. The van der Waals surface area contributed by atoms with Crippen LogP contribution < -0.4 is 15.6 Å². The van der Waals surface area contributed by atoms with Gasteiger partial charge in [-0.2, -0.15) is 5.06 Å². The van der Waals surface area contributed by atoms with Gasteiger partial charge in [-0.3, -0.25) is 28.6 Å². The number of hydrogen-bond acceptors (Lipinski definition) is 8. The van der Waals surface area contributed by atoms with Crippen LogP contribution in [0.5, 0.6) is 0 Å². The summed E-state index contributed by atoms with van der Waals surface area (Å²) in [5.41, 5.74) is 5.11. The third-order valence-corrected chi connectivity index (χ3v) is 17.2. The zero-order valence-electron chi connectivity index (χ0n) is 44.8. The fourth-order valence-corrected chi connectivity index (χ4v) is 12.5. The van der Waals surface area contributed by atoms with Crippen molar-refractivity contribution in [2.75, 3.05) is 59.4 Å². The number of piperazine rings is 2. The molecule has 0 saturated carbocycles. The highest BCUT2D eigenvalue weighted by Crippen LogP contribution is 2.45. The fraction of sp³-hybridized carbons (Fsp3) is 0.300. The molecular formula is C60H67Cl2F2N8O4P. The van der Waals surface area contributed by atoms with Gasteiger partial charge in [-0.15, -0.1) is 0 Å². The molecule has 6 aromatic carbocycles. The molecule has 2 amide bonds. The highest BCUT2D eigenvalue weighted by molar-refractivity contribution is 7.74. The molecule has 2 fully saturated rings. The molecule has 77 heavy (non-hydrogen) atoms. The third-order valence-electron chi connectivity index (χ3n) is 14.1. The molecule has 8 aromatic rings. The van der Waals surface area contributed by atoms with Gasteiger partial charge < -0.3 is 19.8 Å². The van der Waals surface area contributed by atoms with Crippen molar-refractivity contribution in [3.05, 3.63) is 202 Å². The van der Waals surface area contributed by atoms with Crippen LogP contribution in [0.4, 0.5) is 8.78 Å². The molecule has 0 aliphatic carbocycles. The summed E-state index contributed by atoms with van der Waals surface area (Å²) < 4.78 is 47.1. The number of fused-ring (bicyclic) bond motifs is 2. The summed E-state index contributed by atoms with van der Waals surface area (Å²) in [5, 5.41) is 7.74. The second-order valence-electron chi connectivity index (χ2n) is 20.3. The van der Waals surface area contributed by atoms with Gasteiger partial charge in [-0.1, -0.05) is 83.9 Å². The highest BCUT2D eigenvalue weighted by atomic mass is 35.5. The van der Waals surface area contributed by atoms with Crippen molar-refractivity contribution < 1.29 is 27.6 Å². The van der Waals surface area contributed by atoms with Crippen LogP contribution >= 0.6 is 30.6 Å². The summed E-state index contributed by atoms with van der Waals surface area (Å²) in [7, 11) is 4.33. The van der Waals surface area contributed by atoms with E-state index in [0.717, 1.165) is 59.1 Å². The third kappa shape index (κ3) is 13.5. The first-order valence-electron chi connectivity index (χ1n) is 25.7. The van der Waals surface area contributed by atoms with E-state index in [-0.39, 0.29) is 47.6 Å². The number of aromatic nitrogens is 2. The molecule has 2 aliphatic heterocycles. The predicted molar refractivity (Wildman–Crippen MR) is 308 cm³/mol. The van der Waals surface area contributed by atoms with Gasteiger partial charge >= 0.3 is 0 Å². The maximum Gasteiger partial charge on any atom is 0.277 e. The van der Waals surface area contributed by atoms with E-state index < -0.39 is 7.37 Å². The number of rotatable bonds is 11. The lowest BCUT2D eigenvalue weighted by molar-refractivity contribution is 0.00513. The Morgan fingerprint density at radius 2 is 1.05 bits per heavy atom. The number of H-pyrrole nitrogens is 1. The van der Waals surface area contributed by atoms with E-state index in [0.29, 0.717) is 44.9 Å². The molecule has 0 bridgehead atoms. The molecule has 1 N–H and O–H groups in total. The van der Waals surface area contributed by atoms with Crippen LogP contribution in [0.3, 0.4) is 0 Å². The van der Waals surface area contributed by atoms with Crippen LogP contribution in [-0.2, 0) is 22.3 Å². The standard InChI is InChI=1S/C24H28ClFN4O.C22H23ClFN3O.C14H16NO2P/c1-16-14-29(17(2)13-28(16)15-18-5-7-20(26)8-6-18)24(31)21-11-19-9-10-30(27(3)4)23(19)12-22(21)25;1-14-12-27(15(2)11-26(14)13-16-3-5-18(24)6-4-16)22(28)19-9-17-7-8-25-21(17)10-20(19)23;1-15(2)17-18(16,13-9-5-3-6-10-13)14-11-7-4-8-12-14/h5-12,16-17H,13-15H2,1-4H3;3-10,14-15,25H,11-13H2,1-2H3;3-12H,1-2H3/t16-,17+;14-,15+;/m00./s1. The molecule has 4 atom stereocenters. The Bertz CT molecular complexity index is 3280. The van der Waals surface area contributed by atoms with Crippen LogP contribution in [0.15, 0.2) is 158 Å². The van der Waals surface area contributed by atoms with E-state index in [1.54, 1.807) is 14.1 Å². The minimum atomic E-state index is -3.05. The summed E-state index contributed by atoms with van der Waals surface area (Å²) in [4.78, 5) is 38.3. The Morgan fingerprint density at radius 1 is 0.597 bits per heavy atom. The van der Waals surface area contributed by atoms with E-state index in [1.165, 1.54) is 29.3 Å². The largest absolute Gasteiger partial charge is 0.361 e. The average molecular weight is 1100 g/mol. The highest BCUT2D eigenvalue weighted by Gasteiger charge is 2.35. The second kappa shape index (κ2) is 25.0. The average Bonchev–Trinajstić information content (AvgIpc) is 4.10. The van der Waals surface area contributed by atoms with Gasteiger partial charge in [-0.25, -0.2) is 13.4 Å². The van der Waals surface area contributed by atoms with Gasteiger partial charge in [-0.05, 0) is 124 Å². The van der Waals surface area contributed by atoms with Crippen molar-refractivity contribution in [1.82, 2.24) is 34.3 Å². The summed E-state index contributed by atoms with van der Waals surface area (Å²) in [5.74, 6) is -0.522. The van der Waals surface area contributed by atoms with E-state index in [2.05, 4.69) is 42.5 Å². The molecule has 404 valence electrons.